The highest BCUT2D eigenvalue weighted by Gasteiger charge is 2.26. The van der Waals surface area contributed by atoms with Gasteiger partial charge in [0.2, 0.25) is 0 Å². The van der Waals surface area contributed by atoms with Crippen molar-refractivity contribution < 1.29 is 0 Å². The van der Waals surface area contributed by atoms with E-state index in [1.807, 2.05) is 25.0 Å². The minimum atomic E-state index is 0.573. The zero-order valence-corrected chi connectivity index (χ0v) is 16.5. The van der Waals surface area contributed by atoms with E-state index in [1.54, 1.807) is 0 Å². The molecule has 2 heterocycles. The van der Waals surface area contributed by atoms with Crippen molar-refractivity contribution in [2.24, 2.45) is 12.0 Å². The van der Waals surface area contributed by atoms with Crippen molar-refractivity contribution in [2.75, 3.05) is 47.3 Å². The smallest absolute Gasteiger partial charge is 0.193 e. The van der Waals surface area contributed by atoms with Gasteiger partial charge in [0.1, 0.15) is 0 Å². The van der Waals surface area contributed by atoms with Gasteiger partial charge in [0.15, 0.2) is 5.96 Å². The Morgan fingerprint density at radius 2 is 2.04 bits per heavy atom. The maximum absolute atomic E-state index is 4.48. The Kier molecular flexibility index (Phi) is 8.25. The van der Waals surface area contributed by atoms with Crippen LogP contribution in [0.5, 0.6) is 0 Å². The summed E-state index contributed by atoms with van der Waals surface area (Å²) in [5.74, 6) is 1.63. The molecule has 1 fully saturated rings. The summed E-state index contributed by atoms with van der Waals surface area (Å²) in [6.07, 6.45) is 11.8. The molecule has 0 radical (unpaired) electrons. The van der Waals surface area contributed by atoms with Crippen LogP contribution in [0.25, 0.3) is 0 Å². The van der Waals surface area contributed by atoms with E-state index in [4.69, 9.17) is 0 Å². The quantitative estimate of drug-likeness (QED) is 0.423. The second kappa shape index (κ2) is 10.4. The summed E-state index contributed by atoms with van der Waals surface area (Å²) in [6, 6.07) is 0. The first kappa shape index (κ1) is 19.8. The van der Waals surface area contributed by atoms with Crippen LogP contribution in [0, 0.1) is 0 Å². The van der Waals surface area contributed by atoms with Crippen LogP contribution in [0.2, 0.25) is 0 Å². The van der Waals surface area contributed by atoms with E-state index in [1.165, 1.54) is 50.6 Å². The number of aryl methyl sites for hydroxylation is 1. The van der Waals surface area contributed by atoms with Gasteiger partial charge in [-0.05, 0) is 45.5 Å². The van der Waals surface area contributed by atoms with E-state index in [2.05, 4.69) is 45.5 Å². The molecular weight excluding hydrogens is 312 g/mol. The monoisotopic (exact) mass is 348 g/mol. The van der Waals surface area contributed by atoms with E-state index in [0.29, 0.717) is 5.92 Å². The lowest BCUT2D eigenvalue weighted by Gasteiger charge is -2.21. The first-order chi connectivity index (χ1) is 12.1. The van der Waals surface area contributed by atoms with E-state index in [-0.39, 0.29) is 0 Å². The topological polar surface area (TPSA) is 48.7 Å². The van der Waals surface area contributed by atoms with Gasteiger partial charge in [-0.25, -0.2) is 0 Å². The van der Waals surface area contributed by atoms with Crippen LogP contribution < -0.4 is 5.32 Å². The number of hydrogen-bond acceptors (Lipinski definition) is 3. The number of aliphatic imine (C=N–C) groups is 1. The predicted molar refractivity (Wildman–Crippen MR) is 105 cm³/mol. The maximum Gasteiger partial charge on any atom is 0.193 e. The Balaban J connectivity index is 1.61. The molecule has 1 aliphatic heterocycles. The number of likely N-dealkylation sites (tertiary alicyclic amines) is 1. The zero-order chi connectivity index (χ0) is 18.1. The first-order valence-corrected chi connectivity index (χ1v) is 9.69. The number of nitrogens with zero attached hydrogens (tertiary/aromatic N) is 5. The lowest BCUT2D eigenvalue weighted by atomic mass is 10.0. The third-order valence-electron chi connectivity index (χ3n) is 4.96. The molecule has 0 aromatic carbocycles. The fraction of sp³-hybridized carbons (Fsp3) is 0.789. The van der Waals surface area contributed by atoms with Crippen molar-refractivity contribution in [3.8, 4) is 0 Å². The SMILES string of the molecule is CN=C(NCCCCCCCN(C)C)N1CCC(c2cnn(C)c2)C1. The first-order valence-electron chi connectivity index (χ1n) is 9.69. The zero-order valence-electron chi connectivity index (χ0n) is 16.5. The Hall–Kier alpha value is -1.56. The van der Waals surface area contributed by atoms with Gasteiger partial charge >= 0.3 is 0 Å². The maximum atomic E-state index is 4.48. The van der Waals surface area contributed by atoms with Crippen molar-refractivity contribution in [1.82, 2.24) is 24.9 Å². The van der Waals surface area contributed by atoms with Crippen LogP contribution in [0.15, 0.2) is 17.4 Å². The molecule has 0 aliphatic carbocycles. The molecule has 1 aromatic rings. The highest BCUT2D eigenvalue weighted by Crippen LogP contribution is 2.26. The number of rotatable bonds is 9. The van der Waals surface area contributed by atoms with Gasteiger partial charge in [-0.1, -0.05) is 19.3 Å². The molecule has 1 saturated heterocycles. The van der Waals surface area contributed by atoms with Gasteiger partial charge < -0.3 is 15.1 Å². The molecule has 2 rings (SSSR count). The number of nitrogens with one attached hydrogen (secondary N) is 1. The Morgan fingerprint density at radius 3 is 2.72 bits per heavy atom. The molecule has 25 heavy (non-hydrogen) atoms. The van der Waals surface area contributed by atoms with Crippen LogP contribution >= 0.6 is 0 Å². The van der Waals surface area contributed by atoms with Crippen molar-refractivity contribution in [3.63, 3.8) is 0 Å². The molecule has 1 aromatic heterocycles. The normalized spacial score (nSPS) is 18.4. The standard InChI is InChI=1S/C19H36N6/c1-20-19(21-11-8-6-5-7-9-12-23(2)3)25-13-10-17(16-25)18-14-22-24(4)15-18/h14-15,17H,5-13,16H2,1-4H3,(H,20,21). The average molecular weight is 349 g/mol. The lowest BCUT2D eigenvalue weighted by Crippen LogP contribution is -2.40. The minimum Gasteiger partial charge on any atom is -0.356 e. The van der Waals surface area contributed by atoms with Crippen molar-refractivity contribution in [3.05, 3.63) is 18.0 Å². The minimum absolute atomic E-state index is 0.573. The summed E-state index contributed by atoms with van der Waals surface area (Å²) in [7, 11) is 8.16. The Bertz CT molecular complexity index is 522. The molecule has 1 N–H and O–H groups in total. The van der Waals surface area contributed by atoms with Crippen LogP contribution in [-0.4, -0.2) is 72.9 Å². The van der Waals surface area contributed by atoms with Crippen molar-refractivity contribution >= 4 is 5.96 Å². The third-order valence-corrected chi connectivity index (χ3v) is 4.96. The second-order valence-electron chi connectivity index (χ2n) is 7.42. The number of aromatic nitrogens is 2. The molecule has 1 aliphatic rings. The van der Waals surface area contributed by atoms with E-state index in [9.17, 15) is 0 Å². The van der Waals surface area contributed by atoms with Crippen LogP contribution in [-0.2, 0) is 7.05 Å². The van der Waals surface area contributed by atoms with Gasteiger partial charge in [0, 0.05) is 45.8 Å². The number of unbranched alkanes of at least 4 members (excludes halogenated alkanes) is 4. The largest absolute Gasteiger partial charge is 0.356 e. The van der Waals surface area contributed by atoms with Crippen LogP contribution in [0.4, 0.5) is 0 Å². The molecule has 142 valence electrons. The van der Waals surface area contributed by atoms with E-state index >= 15 is 0 Å². The van der Waals surface area contributed by atoms with Crippen molar-refractivity contribution in [2.45, 2.75) is 44.4 Å². The fourth-order valence-electron chi connectivity index (χ4n) is 3.49. The molecule has 1 atom stereocenters. The average Bonchev–Trinajstić information content (AvgIpc) is 3.22. The van der Waals surface area contributed by atoms with Crippen LogP contribution in [0.1, 0.15) is 50.0 Å². The summed E-state index contributed by atoms with van der Waals surface area (Å²) in [6.45, 7) is 4.34. The molecule has 6 nitrogen and oxygen atoms in total. The summed E-state index contributed by atoms with van der Waals surface area (Å²) >= 11 is 0. The van der Waals surface area contributed by atoms with Gasteiger partial charge in [0.05, 0.1) is 6.20 Å². The highest BCUT2D eigenvalue weighted by atomic mass is 15.3. The number of hydrogen-bond donors (Lipinski definition) is 1. The Morgan fingerprint density at radius 1 is 1.28 bits per heavy atom. The Labute approximate surface area is 153 Å². The molecular formula is C19H36N6. The van der Waals surface area contributed by atoms with Crippen LogP contribution in [0.3, 0.4) is 0 Å². The van der Waals surface area contributed by atoms with E-state index < -0.39 is 0 Å². The predicted octanol–water partition coefficient (Wildman–Crippen LogP) is 2.30. The molecule has 1 unspecified atom stereocenters. The highest BCUT2D eigenvalue weighted by molar-refractivity contribution is 5.80. The molecule has 0 spiro atoms. The molecule has 0 saturated carbocycles. The molecule has 0 bridgehead atoms. The van der Waals surface area contributed by atoms with Gasteiger partial charge in [-0.2, -0.15) is 5.10 Å². The lowest BCUT2D eigenvalue weighted by molar-refractivity contribution is 0.389. The molecule has 6 heteroatoms. The fourth-order valence-corrected chi connectivity index (χ4v) is 3.49. The summed E-state index contributed by atoms with van der Waals surface area (Å²) in [5.41, 5.74) is 1.35. The van der Waals surface area contributed by atoms with E-state index in [0.717, 1.165) is 25.6 Å². The van der Waals surface area contributed by atoms with Gasteiger partial charge in [-0.3, -0.25) is 9.67 Å². The summed E-state index contributed by atoms with van der Waals surface area (Å²) in [4.78, 5) is 9.12. The summed E-state index contributed by atoms with van der Waals surface area (Å²) < 4.78 is 1.89. The van der Waals surface area contributed by atoms with Gasteiger partial charge in [0.25, 0.3) is 0 Å². The third kappa shape index (κ3) is 6.69. The molecule has 0 amide bonds. The second-order valence-corrected chi connectivity index (χ2v) is 7.42. The number of guanidine groups is 1. The van der Waals surface area contributed by atoms with Gasteiger partial charge in [-0.15, -0.1) is 0 Å². The van der Waals surface area contributed by atoms with Crippen molar-refractivity contribution in [1.29, 1.82) is 0 Å². The summed E-state index contributed by atoms with van der Waals surface area (Å²) in [5, 5.41) is 7.85.